The van der Waals surface area contributed by atoms with E-state index in [4.69, 9.17) is 11.0 Å². The van der Waals surface area contributed by atoms with Crippen LogP contribution in [0, 0.1) is 11.3 Å². The van der Waals surface area contributed by atoms with Gasteiger partial charge in [-0.15, -0.1) is 0 Å². The van der Waals surface area contributed by atoms with E-state index in [2.05, 4.69) is 17.9 Å². The molecule has 0 saturated carbocycles. The van der Waals surface area contributed by atoms with Crippen molar-refractivity contribution in [2.45, 2.75) is 44.7 Å². The minimum Gasteiger partial charge on any atom is -0.314 e. The van der Waals surface area contributed by atoms with E-state index in [0.29, 0.717) is 6.04 Å². The molecular weight excluding hydrogens is 162 g/mol. The molecule has 1 rings (SSSR count). The lowest BCUT2D eigenvalue weighted by atomic mass is 9.96. The van der Waals surface area contributed by atoms with E-state index in [1.54, 1.807) is 6.92 Å². The van der Waals surface area contributed by atoms with Crippen molar-refractivity contribution in [3.63, 3.8) is 0 Å². The predicted octanol–water partition coefficient (Wildman–Crippen LogP) is 1.10. The molecular formula is C10H19N3. The molecule has 0 bridgehead atoms. The normalized spacial score (nSPS) is 25.1. The average molecular weight is 181 g/mol. The van der Waals surface area contributed by atoms with Crippen molar-refractivity contribution < 1.29 is 0 Å². The Bertz CT molecular complexity index is 199. The highest BCUT2D eigenvalue weighted by atomic mass is 15.2. The fourth-order valence-corrected chi connectivity index (χ4v) is 1.97. The van der Waals surface area contributed by atoms with Gasteiger partial charge in [0.2, 0.25) is 0 Å². The Morgan fingerprint density at radius 2 is 2.08 bits per heavy atom. The Kier molecular flexibility index (Phi) is 3.29. The summed E-state index contributed by atoms with van der Waals surface area (Å²) in [4.78, 5) is 2.42. The summed E-state index contributed by atoms with van der Waals surface area (Å²) in [6.07, 6.45) is 3.35. The van der Waals surface area contributed by atoms with Crippen LogP contribution >= 0.6 is 0 Å². The van der Waals surface area contributed by atoms with Gasteiger partial charge in [-0.05, 0) is 46.2 Å². The summed E-state index contributed by atoms with van der Waals surface area (Å²) in [7, 11) is 0. The standard InChI is InChI=1S/C10H19N3/c1-9(7-10(2,12)8-11)13-5-3-4-6-13/h9H,3-7,12H2,1-2H3. The zero-order valence-electron chi connectivity index (χ0n) is 8.58. The Balaban J connectivity index is 2.40. The van der Waals surface area contributed by atoms with Crippen LogP contribution in [-0.4, -0.2) is 29.6 Å². The van der Waals surface area contributed by atoms with Crippen molar-refractivity contribution in [1.29, 1.82) is 5.26 Å². The molecule has 0 spiro atoms. The summed E-state index contributed by atoms with van der Waals surface area (Å²) in [5.41, 5.74) is 5.13. The number of nitrogens with two attached hydrogens (primary N) is 1. The summed E-state index contributed by atoms with van der Waals surface area (Å²) in [5, 5.41) is 8.79. The van der Waals surface area contributed by atoms with Gasteiger partial charge in [-0.2, -0.15) is 5.26 Å². The number of nitriles is 1. The Morgan fingerprint density at radius 1 is 1.54 bits per heavy atom. The maximum absolute atomic E-state index is 8.79. The Morgan fingerprint density at radius 3 is 2.54 bits per heavy atom. The van der Waals surface area contributed by atoms with Crippen molar-refractivity contribution in [3.05, 3.63) is 0 Å². The first kappa shape index (κ1) is 10.5. The van der Waals surface area contributed by atoms with Gasteiger partial charge in [0.25, 0.3) is 0 Å². The molecule has 1 saturated heterocycles. The third-order valence-electron chi connectivity index (χ3n) is 2.74. The van der Waals surface area contributed by atoms with Crippen LogP contribution in [0.4, 0.5) is 0 Å². The summed E-state index contributed by atoms with van der Waals surface area (Å²) in [6.45, 7) is 6.30. The van der Waals surface area contributed by atoms with Crippen LogP contribution in [0.3, 0.4) is 0 Å². The van der Waals surface area contributed by atoms with E-state index in [0.717, 1.165) is 6.42 Å². The highest BCUT2D eigenvalue weighted by molar-refractivity contribution is 5.02. The summed E-state index contributed by atoms with van der Waals surface area (Å²) >= 11 is 0. The monoisotopic (exact) mass is 181 g/mol. The van der Waals surface area contributed by atoms with Crippen molar-refractivity contribution in [1.82, 2.24) is 4.90 Å². The van der Waals surface area contributed by atoms with Crippen molar-refractivity contribution in [2.24, 2.45) is 5.73 Å². The van der Waals surface area contributed by atoms with Gasteiger partial charge in [0.1, 0.15) is 5.54 Å². The highest BCUT2D eigenvalue weighted by Crippen LogP contribution is 2.17. The van der Waals surface area contributed by atoms with Crippen LogP contribution in [0.1, 0.15) is 33.1 Å². The first-order valence-electron chi connectivity index (χ1n) is 4.99. The smallest absolute Gasteiger partial charge is 0.102 e. The third-order valence-corrected chi connectivity index (χ3v) is 2.74. The second-order valence-electron chi connectivity index (χ2n) is 4.33. The molecule has 1 fully saturated rings. The number of rotatable bonds is 3. The summed E-state index contributed by atoms with van der Waals surface area (Å²) in [5.74, 6) is 0. The van der Waals surface area contributed by atoms with E-state index in [9.17, 15) is 0 Å². The van der Waals surface area contributed by atoms with E-state index in [1.165, 1.54) is 25.9 Å². The van der Waals surface area contributed by atoms with Gasteiger partial charge < -0.3 is 10.6 Å². The molecule has 13 heavy (non-hydrogen) atoms. The quantitative estimate of drug-likeness (QED) is 0.709. The minimum absolute atomic E-state index is 0.442. The van der Waals surface area contributed by atoms with E-state index in [-0.39, 0.29) is 0 Å². The zero-order valence-corrected chi connectivity index (χ0v) is 8.58. The molecule has 0 aliphatic carbocycles. The van der Waals surface area contributed by atoms with Crippen molar-refractivity contribution >= 4 is 0 Å². The number of hydrogen-bond donors (Lipinski definition) is 1. The van der Waals surface area contributed by atoms with Crippen molar-refractivity contribution in [3.8, 4) is 6.07 Å². The maximum Gasteiger partial charge on any atom is 0.102 e. The molecule has 3 nitrogen and oxygen atoms in total. The molecule has 74 valence electrons. The van der Waals surface area contributed by atoms with Gasteiger partial charge >= 0.3 is 0 Å². The SMILES string of the molecule is CC(CC(C)(N)C#N)N1CCCC1. The zero-order chi connectivity index (χ0) is 9.90. The van der Waals surface area contributed by atoms with Gasteiger partial charge in [0.05, 0.1) is 6.07 Å². The van der Waals surface area contributed by atoms with Gasteiger partial charge in [0.15, 0.2) is 0 Å². The second-order valence-corrected chi connectivity index (χ2v) is 4.33. The van der Waals surface area contributed by atoms with Crippen LogP contribution in [0.25, 0.3) is 0 Å². The lowest BCUT2D eigenvalue weighted by Crippen LogP contribution is -2.42. The molecule has 2 N–H and O–H groups in total. The van der Waals surface area contributed by atoms with Crippen molar-refractivity contribution in [2.75, 3.05) is 13.1 Å². The van der Waals surface area contributed by atoms with Crippen LogP contribution < -0.4 is 5.73 Å². The fourth-order valence-electron chi connectivity index (χ4n) is 1.97. The molecule has 1 heterocycles. The molecule has 1 aliphatic heterocycles. The lowest BCUT2D eigenvalue weighted by Gasteiger charge is -2.28. The third kappa shape index (κ3) is 2.98. The molecule has 0 radical (unpaired) electrons. The lowest BCUT2D eigenvalue weighted by molar-refractivity contribution is 0.226. The van der Waals surface area contributed by atoms with Gasteiger partial charge in [-0.25, -0.2) is 0 Å². The predicted molar refractivity (Wildman–Crippen MR) is 53.1 cm³/mol. The Labute approximate surface area is 80.5 Å². The molecule has 0 aromatic heterocycles. The molecule has 2 unspecified atom stereocenters. The summed E-state index contributed by atoms with van der Waals surface area (Å²) in [6, 6.07) is 2.59. The molecule has 0 amide bonds. The number of nitrogens with zero attached hydrogens (tertiary/aromatic N) is 2. The molecule has 0 aromatic rings. The largest absolute Gasteiger partial charge is 0.314 e. The van der Waals surface area contributed by atoms with Crippen LogP contribution in [0.15, 0.2) is 0 Å². The van der Waals surface area contributed by atoms with E-state index in [1.807, 2.05) is 0 Å². The fraction of sp³-hybridized carbons (Fsp3) is 0.900. The molecule has 0 aromatic carbocycles. The Hall–Kier alpha value is -0.590. The van der Waals surface area contributed by atoms with Crippen LogP contribution in [0.5, 0.6) is 0 Å². The van der Waals surface area contributed by atoms with E-state index < -0.39 is 5.54 Å². The number of likely N-dealkylation sites (tertiary alicyclic amines) is 1. The first-order chi connectivity index (χ1) is 6.05. The average Bonchev–Trinajstić information content (AvgIpc) is 2.55. The molecule has 1 aliphatic rings. The highest BCUT2D eigenvalue weighted by Gasteiger charge is 2.26. The summed E-state index contributed by atoms with van der Waals surface area (Å²) < 4.78 is 0. The minimum atomic E-state index is -0.665. The maximum atomic E-state index is 8.79. The topological polar surface area (TPSA) is 53.1 Å². The van der Waals surface area contributed by atoms with Gasteiger partial charge in [-0.1, -0.05) is 0 Å². The van der Waals surface area contributed by atoms with E-state index >= 15 is 0 Å². The van der Waals surface area contributed by atoms with Crippen LogP contribution in [-0.2, 0) is 0 Å². The molecule has 3 heteroatoms. The first-order valence-corrected chi connectivity index (χ1v) is 4.99. The number of hydrogen-bond acceptors (Lipinski definition) is 3. The van der Waals surface area contributed by atoms with Crippen LogP contribution in [0.2, 0.25) is 0 Å². The van der Waals surface area contributed by atoms with Gasteiger partial charge in [-0.3, -0.25) is 0 Å². The molecule has 2 atom stereocenters. The second kappa shape index (κ2) is 4.08. The van der Waals surface area contributed by atoms with Gasteiger partial charge in [0, 0.05) is 6.04 Å².